The van der Waals surface area contributed by atoms with Gasteiger partial charge in [-0.2, -0.15) is 12.1 Å². The number of hydrogen-bond acceptors (Lipinski definition) is 2. The zero-order valence-electron chi connectivity index (χ0n) is 36.5. The quantitative estimate of drug-likeness (QED) is 0.118. The van der Waals surface area contributed by atoms with Crippen LogP contribution in [0, 0.1) is 18.5 Å². The number of imidazole rings is 1. The third kappa shape index (κ3) is 6.27. The first-order valence-corrected chi connectivity index (χ1v) is 15.7. The number of para-hydroxylation sites is 4. The van der Waals surface area contributed by atoms with Gasteiger partial charge < -0.3 is 9.30 Å². The van der Waals surface area contributed by atoms with Crippen molar-refractivity contribution in [1.29, 1.82) is 0 Å². The molecule has 5 heteroatoms. The minimum atomic E-state index is -0.569. The van der Waals surface area contributed by atoms with Crippen LogP contribution in [0.25, 0.3) is 66.8 Å². The Labute approximate surface area is 325 Å². The van der Waals surface area contributed by atoms with Gasteiger partial charge in [-0.3, -0.25) is 9.55 Å². The first-order valence-electron chi connectivity index (χ1n) is 20.7. The molecule has 9 rings (SSSR count). The van der Waals surface area contributed by atoms with E-state index in [1.54, 1.807) is 63.7 Å². The van der Waals surface area contributed by atoms with E-state index in [1.165, 1.54) is 0 Å². The molecular formula is C46H29N3OPt-2. The summed E-state index contributed by atoms with van der Waals surface area (Å²) in [5.74, 6) is 0.799. The standard InChI is InChI=1S/C46H29N3O.Pt/c1-3-14-33(15-4-1)40-23-13-24-41(34-16-5-2-6-17-34)46(40)49-32-48(44-26-9-10-27-45(44)49)37-20-12-22-39(31-37)50-38-21-11-19-36(30-38)43-29-28-35-18-7-8-25-42(35)47-43;/h1-29H;/q-2;/i1D,2D,3D,4D,5D,6D,14D,15D,16D,17D;. The van der Waals surface area contributed by atoms with Gasteiger partial charge >= 0.3 is 0 Å². The zero-order chi connectivity index (χ0) is 42.0. The Morgan fingerprint density at radius 1 is 0.608 bits per heavy atom. The Morgan fingerprint density at radius 3 is 2.02 bits per heavy atom. The van der Waals surface area contributed by atoms with Crippen molar-refractivity contribution in [3.63, 3.8) is 0 Å². The molecule has 2 heterocycles. The number of nitrogens with zero attached hydrogens (tertiary/aromatic N) is 3. The molecule has 0 aliphatic carbocycles. The molecule has 0 atom stereocenters. The molecule has 0 bridgehead atoms. The largest absolute Gasteiger partial charge is 0.503 e. The first-order chi connectivity index (χ1) is 28.9. The van der Waals surface area contributed by atoms with Gasteiger partial charge in [0.1, 0.15) is 0 Å². The Balaban J connectivity index is 0.00000514. The second kappa shape index (κ2) is 14.0. The van der Waals surface area contributed by atoms with Crippen LogP contribution < -0.4 is 9.30 Å². The fourth-order valence-corrected chi connectivity index (χ4v) is 5.98. The van der Waals surface area contributed by atoms with Crippen LogP contribution in [-0.4, -0.2) is 9.55 Å². The van der Waals surface area contributed by atoms with Gasteiger partial charge in [0, 0.05) is 32.6 Å². The molecule has 0 aliphatic heterocycles. The van der Waals surface area contributed by atoms with Gasteiger partial charge in [0.05, 0.1) is 35.9 Å². The summed E-state index contributed by atoms with van der Waals surface area (Å²) in [6, 6.07) is 36.1. The van der Waals surface area contributed by atoms with E-state index in [1.807, 2.05) is 60.7 Å². The number of fused-ring (bicyclic) bond motifs is 2. The molecule has 0 spiro atoms. The van der Waals surface area contributed by atoms with Crippen molar-refractivity contribution in [2.45, 2.75) is 0 Å². The minimum Gasteiger partial charge on any atom is -0.503 e. The normalized spacial score (nSPS) is 13.7. The summed E-state index contributed by atoms with van der Waals surface area (Å²) in [4.78, 5) is 4.80. The molecule has 0 saturated carbocycles. The number of pyridine rings is 1. The van der Waals surface area contributed by atoms with Crippen molar-refractivity contribution < 1.29 is 44.1 Å². The second-order valence-electron chi connectivity index (χ2n) is 11.3. The van der Waals surface area contributed by atoms with Crippen LogP contribution in [0.1, 0.15) is 13.7 Å². The molecule has 9 aromatic rings. The van der Waals surface area contributed by atoms with Gasteiger partial charge in [0.15, 0.2) is 0 Å². The molecular weight excluding hydrogens is 806 g/mol. The molecule has 0 amide bonds. The van der Waals surface area contributed by atoms with Crippen LogP contribution in [0.3, 0.4) is 0 Å². The summed E-state index contributed by atoms with van der Waals surface area (Å²) < 4.78 is 95.7. The monoisotopic (exact) mass is 844 g/mol. The predicted octanol–water partition coefficient (Wildman–Crippen LogP) is 10.6. The van der Waals surface area contributed by atoms with Gasteiger partial charge in [0.2, 0.25) is 0 Å². The average Bonchev–Trinajstić information content (AvgIpc) is 3.66. The van der Waals surface area contributed by atoms with Crippen molar-refractivity contribution in [3.8, 4) is 56.4 Å². The van der Waals surface area contributed by atoms with Crippen molar-refractivity contribution in [2.24, 2.45) is 0 Å². The summed E-state index contributed by atoms with van der Waals surface area (Å²) in [6.45, 7) is 0. The third-order valence-corrected chi connectivity index (χ3v) is 8.22. The topological polar surface area (TPSA) is 30.9 Å². The average molecular weight is 845 g/mol. The summed E-state index contributed by atoms with van der Waals surface area (Å²) in [5, 5.41) is 1.03. The molecule has 4 nitrogen and oxygen atoms in total. The number of benzene rings is 7. The predicted molar refractivity (Wildman–Crippen MR) is 199 cm³/mol. The van der Waals surface area contributed by atoms with E-state index in [4.69, 9.17) is 23.4 Å². The van der Waals surface area contributed by atoms with E-state index >= 15 is 0 Å². The molecule has 0 fully saturated rings. The summed E-state index contributed by atoms with van der Waals surface area (Å²) in [7, 11) is 0. The van der Waals surface area contributed by atoms with Crippen molar-refractivity contribution >= 4 is 21.9 Å². The van der Waals surface area contributed by atoms with Gasteiger partial charge in [-0.05, 0) is 45.1 Å². The van der Waals surface area contributed by atoms with Crippen LogP contribution in [0.2, 0.25) is 0 Å². The van der Waals surface area contributed by atoms with Crippen LogP contribution in [0.15, 0.2) is 176 Å². The van der Waals surface area contributed by atoms with Crippen LogP contribution in [0.5, 0.6) is 11.5 Å². The molecule has 7 aromatic carbocycles. The number of rotatable bonds is 7. The third-order valence-electron chi connectivity index (χ3n) is 8.22. The van der Waals surface area contributed by atoms with Gasteiger partial charge in [-0.15, -0.1) is 35.9 Å². The van der Waals surface area contributed by atoms with Crippen molar-refractivity contribution in [3.05, 3.63) is 194 Å². The Morgan fingerprint density at radius 2 is 1.25 bits per heavy atom. The Kier molecular flexibility index (Phi) is 6.21. The van der Waals surface area contributed by atoms with E-state index < -0.39 is 60.4 Å². The number of hydrogen-bond donors (Lipinski definition) is 0. The Bertz CT molecular complexity index is 3080. The van der Waals surface area contributed by atoms with Crippen LogP contribution in [-0.2, 0) is 21.1 Å². The van der Waals surface area contributed by atoms with Crippen LogP contribution >= 0.6 is 0 Å². The van der Waals surface area contributed by atoms with Gasteiger partial charge in [-0.25, -0.2) is 0 Å². The molecule has 51 heavy (non-hydrogen) atoms. The fourth-order valence-electron chi connectivity index (χ4n) is 5.98. The smallest absolute Gasteiger partial charge is 0.268 e. The molecule has 0 aliphatic rings. The van der Waals surface area contributed by atoms with Crippen LogP contribution in [0.4, 0.5) is 0 Å². The van der Waals surface area contributed by atoms with Gasteiger partial charge in [0.25, 0.3) is 6.33 Å². The summed E-state index contributed by atoms with van der Waals surface area (Å²) >= 11 is 0. The molecule has 2 aromatic heterocycles. The maximum absolute atomic E-state index is 8.92. The fraction of sp³-hybridized carbons (Fsp3) is 0. The first kappa shape index (κ1) is 22.6. The minimum absolute atomic E-state index is 0. The van der Waals surface area contributed by atoms with E-state index in [-0.39, 0.29) is 49.0 Å². The van der Waals surface area contributed by atoms with Crippen molar-refractivity contribution in [2.75, 3.05) is 0 Å². The molecule has 0 unspecified atom stereocenters. The summed E-state index contributed by atoms with van der Waals surface area (Å²) in [6.07, 6.45) is 3.36. The molecule has 0 saturated heterocycles. The van der Waals surface area contributed by atoms with Gasteiger partial charge in [-0.1, -0.05) is 139 Å². The SMILES string of the molecule is [2H]c1c([2H])c([2H])c(-c2cccc(-c3c([2H])c([2H])c([2H])c([2H])c3[2H])c2-[n+]2[c-]n(-c3[c-]c(Oc4[c-]c(-c5ccc6ccccc6n5)ccc4)ccc3)c3ccccc32)c([2H])c1[2H].[Pt]. The number of aromatic nitrogens is 3. The second-order valence-corrected chi connectivity index (χ2v) is 11.3. The zero-order valence-corrected chi connectivity index (χ0v) is 28.8. The maximum Gasteiger partial charge on any atom is 0.268 e. The molecule has 0 N–H and O–H groups in total. The summed E-state index contributed by atoms with van der Waals surface area (Å²) in [5.41, 5.74) is 4.19. The van der Waals surface area contributed by atoms with E-state index in [2.05, 4.69) is 18.5 Å². The molecule has 246 valence electrons. The van der Waals surface area contributed by atoms with Crippen molar-refractivity contribution in [1.82, 2.24) is 9.55 Å². The van der Waals surface area contributed by atoms with E-state index in [0.717, 1.165) is 22.2 Å². The van der Waals surface area contributed by atoms with E-state index in [9.17, 15) is 0 Å². The van der Waals surface area contributed by atoms with E-state index in [0.29, 0.717) is 28.2 Å². The Hall–Kier alpha value is -6.09. The maximum atomic E-state index is 8.92. The molecule has 0 radical (unpaired) electrons. The number of ether oxygens (including phenoxy) is 1.